The van der Waals surface area contributed by atoms with Crippen molar-refractivity contribution in [2.75, 3.05) is 5.32 Å². The molecule has 0 aliphatic carbocycles. The van der Waals surface area contributed by atoms with Crippen LogP contribution in [0.15, 0.2) is 78.9 Å². The van der Waals surface area contributed by atoms with Crippen LogP contribution in [0, 0.1) is 0 Å². The molecule has 0 aliphatic rings. The Morgan fingerprint density at radius 2 is 1.47 bits per heavy atom. The van der Waals surface area contributed by atoms with Crippen LogP contribution in [0.5, 0.6) is 0 Å². The Labute approximate surface area is 191 Å². The molecule has 0 heterocycles. The fraction of sp³-hybridized carbons (Fsp3) is 0.286. The number of aryl methyl sites for hydroxylation is 1. The summed E-state index contributed by atoms with van der Waals surface area (Å²) in [7, 11) is 0. The van der Waals surface area contributed by atoms with Crippen molar-refractivity contribution < 1.29 is 9.59 Å². The summed E-state index contributed by atoms with van der Waals surface area (Å²) in [5.74, 6) is -0.323. The van der Waals surface area contributed by atoms with Crippen LogP contribution in [0.25, 0.3) is 0 Å². The van der Waals surface area contributed by atoms with Gasteiger partial charge in [-0.3, -0.25) is 9.59 Å². The van der Waals surface area contributed by atoms with E-state index in [2.05, 4.69) is 55.7 Å². The lowest BCUT2D eigenvalue weighted by atomic mass is 9.86. The summed E-state index contributed by atoms with van der Waals surface area (Å²) in [4.78, 5) is 25.4. The minimum atomic E-state index is -0.213. The maximum Gasteiger partial charge on any atom is 0.253 e. The lowest BCUT2D eigenvalue weighted by Gasteiger charge is -2.19. The Balaban J connectivity index is 1.60. The summed E-state index contributed by atoms with van der Waals surface area (Å²) in [6, 6.07) is 25.2. The van der Waals surface area contributed by atoms with Gasteiger partial charge in [0.1, 0.15) is 0 Å². The second-order valence-electron chi connectivity index (χ2n) is 9.15. The molecule has 0 fully saturated rings. The number of carbonyl (C=O) groups is 2. The molecule has 0 unspecified atom stereocenters. The first-order valence-electron chi connectivity index (χ1n) is 11.1. The molecule has 3 rings (SSSR count). The van der Waals surface area contributed by atoms with Crippen LogP contribution in [-0.2, 0) is 16.6 Å². The van der Waals surface area contributed by atoms with Gasteiger partial charge < -0.3 is 10.6 Å². The zero-order valence-corrected chi connectivity index (χ0v) is 19.3. The van der Waals surface area contributed by atoms with Gasteiger partial charge in [-0.05, 0) is 47.6 Å². The van der Waals surface area contributed by atoms with Crippen LogP contribution in [0.3, 0.4) is 0 Å². The lowest BCUT2D eigenvalue weighted by Crippen LogP contribution is -2.28. The normalized spacial score (nSPS) is 12.1. The molecule has 0 saturated heterocycles. The van der Waals surface area contributed by atoms with Gasteiger partial charge in [0.05, 0.1) is 17.3 Å². The molecule has 0 bridgehead atoms. The second-order valence-corrected chi connectivity index (χ2v) is 9.15. The molecule has 0 saturated carbocycles. The lowest BCUT2D eigenvalue weighted by molar-refractivity contribution is -0.116. The number of amides is 2. The summed E-state index contributed by atoms with van der Waals surface area (Å²) >= 11 is 0. The first-order chi connectivity index (χ1) is 15.2. The second kappa shape index (κ2) is 10.3. The van der Waals surface area contributed by atoms with Crippen LogP contribution in [0.2, 0.25) is 0 Å². The number of nitrogens with one attached hydrogen (secondary N) is 2. The minimum Gasteiger partial charge on any atom is -0.345 e. The third-order valence-corrected chi connectivity index (χ3v) is 5.55. The molecule has 0 aliphatic heterocycles. The average molecular weight is 429 g/mol. The van der Waals surface area contributed by atoms with E-state index in [0.717, 1.165) is 11.1 Å². The van der Waals surface area contributed by atoms with E-state index in [-0.39, 0.29) is 23.3 Å². The summed E-state index contributed by atoms with van der Waals surface area (Å²) in [6.45, 7) is 8.50. The number of para-hydroxylation sites is 1. The van der Waals surface area contributed by atoms with Gasteiger partial charge in [-0.15, -0.1) is 0 Å². The van der Waals surface area contributed by atoms with Gasteiger partial charge in [0, 0.05) is 6.42 Å². The van der Waals surface area contributed by atoms with Crippen LogP contribution in [0.4, 0.5) is 5.69 Å². The highest BCUT2D eigenvalue weighted by molar-refractivity contribution is 6.03. The number of anilines is 1. The summed E-state index contributed by atoms with van der Waals surface area (Å²) in [6.07, 6.45) is 1.00. The van der Waals surface area contributed by atoms with Crippen molar-refractivity contribution in [3.8, 4) is 0 Å². The number of hydrogen-bond acceptors (Lipinski definition) is 2. The van der Waals surface area contributed by atoms with E-state index in [4.69, 9.17) is 0 Å². The smallest absolute Gasteiger partial charge is 0.253 e. The number of hydrogen-bond donors (Lipinski definition) is 2. The van der Waals surface area contributed by atoms with E-state index in [9.17, 15) is 9.59 Å². The first-order valence-corrected chi connectivity index (χ1v) is 11.1. The van der Waals surface area contributed by atoms with Crippen molar-refractivity contribution in [2.24, 2.45) is 0 Å². The van der Waals surface area contributed by atoms with Gasteiger partial charge in [0.15, 0.2) is 0 Å². The van der Waals surface area contributed by atoms with Gasteiger partial charge in [0.25, 0.3) is 5.91 Å². The molecule has 1 atom stereocenters. The molecular formula is C28H32N2O2. The molecule has 0 aromatic heterocycles. The van der Waals surface area contributed by atoms with E-state index >= 15 is 0 Å². The minimum absolute atomic E-state index is 0.109. The fourth-order valence-electron chi connectivity index (χ4n) is 3.53. The molecule has 32 heavy (non-hydrogen) atoms. The van der Waals surface area contributed by atoms with E-state index < -0.39 is 0 Å². The first kappa shape index (κ1) is 23.3. The molecule has 4 nitrogen and oxygen atoms in total. The molecule has 0 spiro atoms. The third-order valence-electron chi connectivity index (χ3n) is 5.55. The maximum atomic E-state index is 12.9. The van der Waals surface area contributed by atoms with Crippen molar-refractivity contribution in [1.29, 1.82) is 0 Å². The van der Waals surface area contributed by atoms with Crippen molar-refractivity contribution in [3.63, 3.8) is 0 Å². The van der Waals surface area contributed by atoms with Crippen LogP contribution in [-0.4, -0.2) is 11.8 Å². The average Bonchev–Trinajstić information content (AvgIpc) is 2.78. The Bertz CT molecular complexity index is 1050. The van der Waals surface area contributed by atoms with E-state index in [1.54, 1.807) is 18.2 Å². The third kappa shape index (κ3) is 6.30. The summed E-state index contributed by atoms with van der Waals surface area (Å²) < 4.78 is 0. The van der Waals surface area contributed by atoms with Gasteiger partial charge in [-0.2, -0.15) is 0 Å². The van der Waals surface area contributed by atoms with Gasteiger partial charge >= 0.3 is 0 Å². The molecular weight excluding hydrogens is 396 g/mol. The largest absolute Gasteiger partial charge is 0.345 e. The van der Waals surface area contributed by atoms with Gasteiger partial charge in [-0.1, -0.05) is 87.5 Å². The Hall–Kier alpha value is -3.40. The molecule has 3 aromatic carbocycles. The highest BCUT2D eigenvalue weighted by atomic mass is 16.2. The van der Waals surface area contributed by atoms with Crippen LogP contribution >= 0.6 is 0 Å². The molecule has 166 valence electrons. The predicted octanol–water partition coefficient (Wildman–Crippen LogP) is 6.05. The standard InChI is InChI=1S/C28H32N2O2/c1-20(22-10-6-5-7-11-22)29-27(32)24-12-8-9-13-25(24)30-26(31)19-16-21-14-17-23(18-15-21)28(2,3)4/h5-15,17-18,20H,16,19H2,1-4H3,(H,29,32)(H,30,31)/t20-/m0/s1. The fourth-order valence-corrected chi connectivity index (χ4v) is 3.53. The number of carbonyl (C=O) groups excluding carboxylic acids is 2. The molecule has 3 aromatic rings. The van der Waals surface area contributed by atoms with Crippen LogP contribution in [0.1, 0.15) is 67.2 Å². The monoisotopic (exact) mass is 428 g/mol. The highest BCUT2D eigenvalue weighted by Gasteiger charge is 2.16. The van der Waals surface area contributed by atoms with E-state index in [1.807, 2.05) is 43.3 Å². The Morgan fingerprint density at radius 1 is 0.844 bits per heavy atom. The molecule has 2 N–H and O–H groups in total. The zero-order valence-electron chi connectivity index (χ0n) is 19.3. The Morgan fingerprint density at radius 3 is 2.12 bits per heavy atom. The van der Waals surface area contributed by atoms with Crippen molar-refractivity contribution >= 4 is 17.5 Å². The number of benzene rings is 3. The SMILES string of the molecule is C[C@H](NC(=O)c1ccccc1NC(=O)CCc1ccc(C(C)(C)C)cc1)c1ccccc1. The molecule has 4 heteroatoms. The van der Waals surface area contributed by atoms with Crippen LogP contribution < -0.4 is 10.6 Å². The van der Waals surface area contributed by atoms with Crippen molar-refractivity contribution in [1.82, 2.24) is 5.32 Å². The summed E-state index contributed by atoms with van der Waals surface area (Å²) in [5.41, 5.74) is 4.51. The van der Waals surface area contributed by atoms with Crippen molar-refractivity contribution in [3.05, 3.63) is 101 Å². The highest BCUT2D eigenvalue weighted by Crippen LogP contribution is 2.23. The molecule has 0 radical (unpaired) electrons. The van der Waals surface area contributed by atoms with E-state index in [1.165, 1.54) is 5.56 Å². The quantitative estimate of drug-likeness (QED) is 0.481. The van der Waals surface area contributed by atoms with Gasteiger partial charge in [-0.25, -0.2) is 0 Å². The topological polar surface area (TPSA) is 58.2 Å². The van der Waals surface area contributed by atoms with E-state index in [0.29, 0.717) is 24.1 Å². The Kier molecular flexibility index (Phi) is 7.47. The molecule has 2 amide bonds. The van der Waals surface area contributed by atoms with Crippen molar-refractivity contribution in [2.45, 2.75) is 52.0 Å². The number of rotatable bonds is 7. The predicted molar refractivity (Wildman–Crippen MR) is 131 cm³/mol. The zero-order chi connectivity index (χ0) is 23.1. The van der Waals surface area contributed by atoms with Gasteiger partial charge in [0.2, 0.25) is 5.91 Å². The summed E-state index contributed by atoms with van der Waals surface area (Å²) in [5, 5.41) is 5.92. The maximum absolute atomic E-state index is 12.9.